The van der Waals surface area contributed by atoms with Gasteiger partial charge in [0.2, 0.25) is 0 Å². The number of nitrogens with zero attached hydrogens (tertiary/aromatic N) is 3. The molecule has 3 rings (SSSR count). The number of carboxylic acid groups (broad SMARTS) is 1. The molecular formula is C25H31N3O5. The van der Waals surface area contributed by atoms with Crippen molar-refractivity contribution in [1.82, 2.24) is 10.0 Å². The van der Waals surface area contributed by atoms with Crippen molar-refractivity contribution >= 4 is 23.5 Å². The Morgan fingerprint density at radius 3 is 2.18 bits per heavy atom. The van der Waals surface area contributed by atoms with Crippen molar-refractivity contribution in [2.75, 3.05) is 25.0 Å². The second kappa shape index (κ2) is 9.62. The molecular weight excluding hydrogens is 422 g/mol. The first kappa shape index (κ1) is 24.3. The number of esters is 1. The van der Waals surface area contributed by atoms with E-state index < -0.39 is 17.5 Å². The van der Waals surface area contributed by atoms with Crippen LogP contribution in [0.3, 0.4) is 0 Å². The van der Waals surface area contributed by atoms with Crippen molar-refractivity contribution in [2.45, 2.75) is 46.4 Å². The van der Waals surface area contributed by atoms with Crippen LogP contribution in [0.15, 0.2) is 42.5 Å². The number of carbonyl (C=O) groups excluding carboxylic acids is 2. The lowest BCUT2D eigenvalue weighted by Crippen LogP contribution is -2.47. The van der Waals surface area contributed by atoms with Crippen LogP contribution >= 0.6 is 0 Å². The van der Waals surface area contributed by atoms with Crippen molar-refractivity contribution in [1.29, 1.82) is 0 Å². The number of aryl methyl sites for hydroxylation is 1. The number of aliphatic carboxylic acids is 1. The van der Waals surface area contributed by atoms with Crippen molar-refractivity contribution in [3.05, 3.63) is 64.7 Å². The van der Waals surface area contributed by atoms with Gasteiger partial charge in [-0.15, -0.1) is 0 Å². The summed E-state index contributed by atoms with van der Waals surface area (Å²) >= 11 is 0. The fraction of sp³-hybridized carbons (Fsp3) is 0.400. The highest BCUT2D eigenvalue weighted by molar-refractivity contribution is 5.92. The van der Waals surface area contributed by atoms with Crippen LogP contribution in [0.25, 0.3) is 0 Å². The predicted molar refractivity (Wildman–Crippen MR) is 125 cm³/mol. The van der Waals surface area contributed by atoms with Crippen LogP contribution in [0, 0.1) is 6.92 Å². The molecule has 33 heavy (non-hydrogen) atoms. The Kier molecular flexibility index (Phi) is 7.07. The second-order valence-corrected chi connectivity index (χ2v) is 9.26. The summed E-state index contributed by atoms with van der Waals surface area (Å²) in [7, 11) is 1.69. The average Bonchev–Trinajstić information content (AvgIpc) is 3.15. The minimum absolute atomic E-state index is 0.145. The third kappa shape index (κ3) is 6.10. The summed E-state index contributed by atoms with van der Waals surface area (Å²) in [6.45, 7) is 7.86. The van der Waals surface area contributed by atoms with E-state index in [1.165, 1.54) is 16.0 Å². The summed E-state index contributed by atoms with van der Waals surface area (Å²) in [5.74, 6) is -1.82. The number of benzene rings is 2. The number of hydrogen-bond acceptors (Lipinski definition) is 6. The zero-order chi connectivity index (χ0) is 24.3. The quantitative estimate of drug-likeness (QED) is 0.644. The molecule has 0 radical (unpaired) electrons. The third-order valence-corrected chi connectivity index (χ3v) is 5.45. The molecule has 0 atom stereocenters. The molecule has 0 fully saturated rings. The SMILES string of the molecule is Cc1ccc(C(=O)OC(C)(C)C)cc1N(CC(=O)O)CC(=O)N(C)N1Cc2ccccc2C1. The molecule has 1 N–H and O–H groups in total. The van der Waals surface area contributed by atoms with E-state index in [9.17, 15) is 19.5 Å². The number of ether oxygens (including phenoxy) is 1. The van der Waals surface area contributed by atoms with E-state index in [4.69, 9.17) is 4.74 Å². The zero-order valence-electron chi connectivity index (χ0n) is 19.8. The first-order valence-electron chi connectivity index (χ1n) is 10.8. The molecule has 0 aliphatic carbocycles. The van der Waals surface area contributed by atoms with Crippen LogP contribution in [0.2, 0.25) is 0 Å². The molecule has 1 amide bonds. The van der Waals surface area contributed by atoms with Gasteiger partial charge in [-0.25, -0.2) is 9.80 Å². The predicted octanol–water partition coefficient (Wildman–Crippen LogP) is 3.23. The van der Waals surface area contributed by atoms with Gasteiger partial charge in [0.15, 0.2) is 0 Å². The van der Waals surface area contributed by atoms with Gasteiger partial charge in [-0.2, -0.15) is 0 Å². The number of amides is 1. The lowest BCUT2D eigenvalue weighted by Gasteiger charge is -2.31. The van der Waals surface area contributed by atoms with Gasteiger partial charge >= 0.3 is 11.9 Å². The van der Waals surface area contributed by atoms with Gasteiger partial charge in [0.1, 0.15) is 12.1 Å². The highest BCUT2D eigenvalue weighted by atomic mass is 16.6. The summed E-state index contributed by atoms with van der Waals surface area (Å²) in [6, 6.07) is 13.0. The van der Waals surface area contributed by atoms with E-state index in [1.807, 2.05) is 36.2 Å². The zero-order valence-corrected chi connectivity index (χ0v) is 19.8. The number of rotatable bonds is 7. The highest BCUT2D eigenvalue weighted by Crippen LogP contribution is 2.26. The fourth-order valence-corrected chi connectivity index (χ4v) is 3.75. The van der Waals surface area contributed by atoms with Crippen LogP contribution in [-0.4, -0.2) is 58.7 Å². The first-order chi connectivity index (χ1) is 15.4. The normalized spacial score (nSPS) is 13.4. The Bertz CT molecular complexity index is 1040. The molecule has 0 saturated heterocycles. The largest absolute Gasteiger partial charge is 0.480 e. The van der Waals surface area contributed by atoms with Crippen molar-refractivity contribution in [3.8, 4) is 0 Å². The smallest absolute Gasteiger partial charge is 0.338 e. The number of hydrazine groups is 1. The number of anilines is 1. The molecule has 8 nitrogen and oxygen atoms in total. The Morgan fingerprint density at radius 2 is 1.64 bits per heavy atom. The van der Waals surface area contributed by atoms with Crippen LogP contribution in [-0.2, 0) is 27.4 Å². The van der Waals surface area contributed by atoms with Gasteiger partial charge in [0.05, 0.1) is 12.1 Å². The lowest BCUT2D eigenvalue weighted by molar-refractivity contribution is -0.145. The molecule has 0 spiro atoms. The molecule has 1 aliphatic heterocycles. The van der Waals surface area contributed by atoms with Gasteiger partial charge in [-0.3, -0.25) is 14.6 Å². The number of carbonyl (C=O) groups is 3. The van der Waals surface area contributed by atoms with Gasteiger partial charge in [-0.05, 0) is 56.5 Å². The van der Waals surface area contributed by atoms with E-state index in [1.54, 1.807) is 51.0 Å². The van der Waals surface area contributed by atoms with E-state index in [0.29, 0.717) is 24.3 Å². The maximum atomic E-state index is 13.1. The Morgan fingerprint density at radius 1 is 1.03 bits per heavy atom. The summed E-state index contributed by atoms with van der Waals surface area (Å²) in [5, 5.41) is 13.0. The topological polar surface area (TPSA) is 90.4 Å². The molecule has 2 aromatic rings. The Balaban J connectivity index is 1.80. The molecule has 0 aromatic heterocycles. The third-order valence-electron chi connectivity index (χ3n) is 5.45. The van der Waals surface area contributed by atoms with Crippen LogP contribution in [0.4, 0.5) is 5.69 Å². The Hall–Kier alpha value is -3.39. The van der Waals surface area contributed by atoms with E-state index >= 15 is 0 Å². The summed E-state index contributed by atoms with van der Waals surface area (Å²) in [4.78, 5) is 38.7. The van der Waals surface area contributed by atoms with Crippen molar-refractivity contribution in [2.24, 2.45) is 0 Å². The van der Waals surface area contributed by atoms with E-state index in [2.05, 4.69) is 0 Å². The minimum Gasteiger partial charge on any atom is -0.480 e. The van der Waals surface area contributed by atoms with Crippen LogP contribution in [0.5, 0.6) is 0 Å². The molecule has 1 heterocycles. The molecule has 0 unspecified atom stereocenters. The second-order valence-electron chi connectivity index (χ2n) is 9.26. The summed E-state index contributed by atoms with van der Waals surface area (Å²) in [5.41, 5.74) is 3.24. The number of fused-ring (bicyclic) bond motifs is 1. The number of carboxylic acids is 1. The Labute approximate surface area is 194 Å². The standard InChI is InChI=1S/C25H31N3O5/c1-17-10-11-18(24(32)33-25(2,3)4)12-21(17)27(16-23(30)31)15-22(29)26(5)28-13-19-8-6-7-9-20(19)14-28/h6-12H,13-16H2,1-5H3,(H,30,31). The molecule has 0 bridgehead atoms. The summed E-state index contributed by atoms with van der Waals surface area (Å²) in [6.07, 6.45) is 0. The van der Waals surface area contributed by atoms with E-state index in [-0.39, 0.29) is 19.0 Å². The fourth-order valence-electron chi connectivity index (χ4n) is 3.75. The molecule has 0 saturated carbocycles. The lowest BCUT2D eigenvalue weighted by atomic mass is 10.1. The van der Waals surface area contributed by atoms with Gasteiger partial charge in [0, 0.05) is 25.8 Å². The van der Waals surface area contributed by atoms with Crippen molar-refractivity contribution in [3.63, 3.8) is 0 Å². The summed E-state index contributed by atoms with van der Waals surface area (Å²) < 4.78 is 5.44. The van der Waals surface area contributed by atoms with Gasteiger partial charge in [0.25, 0.3) is 5.91 Å². The van der Waals surface area contributed by atoms with Gasteiger partial charge in [-0.1, -0.05) is 30.3 Å². The average molecular weight is 454 g/mol. The first-order valence-corrected chi connectivity index (χ1v) is 10.8. The maximum Gasteiger partial charge on any atom is 0.338 e. The van der Waals surface area contributed by atoms with E-state index in [0.717, 1.165) is 5.56 Å². The highest BCUT2D eigenvalue weighted by Gasteiger charge is 2.27. The minimum atomic E-state index is -1.07. The van der Waals surface area contributed by atoms with Crippen LogP contribution in [0.1, 0.15) is 47.8 Å². The molecule has 8 heteroatoms. The monoisotopic (exact) mass is 453 g/mol. The molecule has 176 valence electrons. The molecule has 1 aliphatic rings. The molecule has 2 aromatic carbocycles. The van der Waals surface area contributed by atoms with Gasteiger partial charge < -0.3 is 14.7 Å². The maximum absolute atomic E-state index is 13.1. The van der Waals surface area contributed by atoms with Crippen molar-refractivity contribution < 1.29 is 24.2 Å². The number of hydrogen-bond donors (Lipinski definition) is 1. The number of likely N-dealkylation sites (N-methyl/N-ethyl adjacent to an activating group) is 1. The van der Waals surface area contributed by atoms with Crippen LogP contribution < -0.4 is 4.90 Å².